The van der Waals surface area contributed by atoms with Gasteiger partial charge in [0.2, 0.25) is 0 Å². The molecular weight excluding hydrogens is 162 g/mol. The zero-order chi connectivity index (χ0) is 10.4. The van der Waals surface area contributed by atoms with Gasteiger partial charge in [-0.1, -0.05) is 34.1 Å². The molecule has 0 aromatic rings. The van der Waals surface area contributed by atoms with Gasteiger partial charge in [-0.25, -0.2) is 0 Å². The van der Waals surface area contributed by atoms with Crippen molar-refractivity contribution in [1.29, 1.82) is 5.26 Å². The van der Waals surface area contributed by atoms with Crippen molar-refractivity contribution in [3.05, 3.63) is 0 Å². The van der Waals surface area contributed by atoms with Gasteiger partial charge in [-0.15, -0.1) is 0 Å². The van der Waals surface area contributed by atoms with Crippen molar-refractivity contribution < 1.29 is 4.79 Å². The molecule has 0 fully saturated rings. The highest BCUT2D eigenvalue weighted by atomic mass is 16.1. The van der Waals surface area contributed by atoms with Crippen LogP contribution in [0.4, 0.5) is 0 Å². The topological polar surface area (TPSA) is 40.9 Å². The standard InChI is InChI=1S/C11H19NO/c1-5-9(4)6-11(13)10(7-12)8(2)3/h8-10H,5-6H2,1-4H3. The minimum Gasteiger partial charge on any atom is -0.298 e. The van der Waals surface area contributed by atoms with Gasteiger partial charge in [-0.3, -0.25) is 4.79 Å². The van der Waals surface area contributed by atoms with E-state index in [4.69, 9.17) is 5.26 Å². The molecule has 2 atom stereocenters. The summed E-state index contributed by atoms with van der Waals surface area (Å²) in [6.07, 6.45) is 1.55. The summed E-state index contributed by atoms with van der Waals surface area (Å²) in [7, 11) is 0. The second kappa shape index (κ2) is 5.75. The lowest BCUT2D eigenvalue weighted by molar-refractivity contribution is -0.123. The van der Waals surface area contributed by atoms with E-state index in [0.717, 1.165) is 6.42 Å². The van der Waals surface area contributed by atoms with Gasteiger partial charge in [0, 0.05) is 6.42 Å². The minimum absolute atomic E-state index is 0.104. The number of ketones is 1. The molecule has 2 heteroatoms. The van der Waals surface area contributed by atoms with Crippen LogP contribution in [-0.2, 0) is 4.79 Å². The molecule has 0 aliphatic heterocycles. The molecule has 74 valence electrons. The number of rotatable bonds is 5. The smallest absolute Gasteiger partial charge is 0.150 e. The van der Waals surface area contributed by atoms with Crippen molar-refractivity contribution in [2.24, 2.45) is 17.8 Å². The Labute approximate surface area is 80.9 Å². The van der Waals surface area contributed by atoms with E-state index in [1.165, 1.54) is 0 Å². The Kier molecular flexibility index (Phi) is 5.37. The number of hydrogen-bond donors (Lipinski definition) is 0. The molecule has 0 radical (unpaired) electrons. The fourth-order valence-corrected chi connectivity index (χ4v) is 1.21. The molecule has 0 aliphatic rings. The number of carbonyl (C=O) groups excluding carboxylic acids is 1. The van der Waals surface area contributed by atoms with Crippen LogP contribution in [0, 0.1) is 29.1 Å². The van der Waals surface area contributed by atoms with E-state index in [-0.39, 0.29) is 11.7 Å². The summed E-state index contributed by atoms with van der Waals surface area (Å²) in [6, 6.07) is 2.08. The number of nitrogens with zero attached hydrogens (tertiary/aromatic N) is 1. The molecule has 0 bridgehead atoms. The predicted molar refractivity (Wildman–Crippen MR) is 53.0 cm³/mol. The van der Waals surface area contributed by atoms with Crippen LogP contribution in [0.1, 0.15) is 40.5 Å². The maximum Gasteiger partial charge on any atom is 0.150 e. The van der Waals surface area contributed by atoms with Crippen molar-refractivity contribution in [2.75, 3.05) is 0 Å². The average Bonchev–Trinajstić information content (AvgIpc) is 2.04. The normalized spacial score (nSPS) is 15.1. The van der Waals surface area contributed by atoms with Crippen molar-refractivity contribution >= 4 is 5.78 Å². The van der Waals surface area contributed by atoms with E-state index in [0.29, 0.717) is 12.3 Å². The number of carbonyl (C=O) groups is 1. The quantitative estimate of drug-likeness (QED) is 0.654. The van der Waals surface area contributed by atoms with Crippen molar-refractivity contribution in [1.82, 2.24) is 0 Å². The van der Waals surface area contributed by atoms with Crippen molar-refractivity contribution in [2.45, 2.75) is 40.5 Å². The van der Waals surface area contributed by atoms with Gasteiger partial charge in [0.25, 0.3) is 0 Å². The molecule has 0 saturated heterocycles. The first-order chi connectivity index (χ1) is 6.02. The third-order valence-electron chi connectivity index (χ3n) is 2.40. The summed E-state index contributed by atoms with van der Waals surface area (Å²) in [4.78, 5) is 11.6. The van der Waals surface area contributed by atoms with Crippen LogP contribution in [0.5, 0.6) is 0 Å². The maximum absolute atomic E-state index is 11.6. The maximum atomic E-state index is 11.6. The Bertz CT molecular complexity index is 203. The van der Waals surface area contributed by atoms with Crippen LogP contribution in [-0.4, -0.2) is 5.78 Å². The molecule has 0 aliphatic carbocycles. The summed E-state index contributed by atoms with van der Waals surface area (Å²) >= 11 is 0. The van der Waals surface area contributed by atoms with E-state index in [1.54, 1.807) is 0 Å². The molecular formula is C11H19NO. The lowest BCUT2D eigenvalue weighted by Crippen LogP contribution is -2.20. The first-order valence-electron chi connectivity index (χ1n) is 4.95. The van der Waals surface area contributed by atoms with Gasteiger partial charge in [0.15, 0.2) is 5.78 Å². The molecule has 0 spiro atoms. The molecule has 0 saturated carbocycles. The summed E-state index contributed by atoms with van der Waals surface area (Å²) < 4.78 is 0. The molecule has 2 unspecified atom stereocenters. The van der Waals surface area contributed by atoms with Gasteiger partial charge in [0.05, 0.1) is 6.07 Å². The number of Topliss-reactive ketones (excluding diaryl/α,β-unsaturated/α-hetero) is 1. The Morgan fingerprint density at radius 2 is 1.92 bits per heavy atom. The van der Waals surface area contributed by atoms with Crippen LogP contribution in [0.2, 0.25) is 0 Å². The van der Waals surface area contributed by atoms with E-state index in [2.05, 4.69) is 13.0 Å². The molecule has 0 aromatic carbocycles. The molecule has 0 N–H and O–H groups in total. The first kappa shape index (κ1) is 12.2. The van der Waals surface area contributed by atoms with E-state index in [9.17, 15) is 4.79 Å². The third kappa shape index (κ3) is 4.07. The van der Waals surface area contributed by atoms with Gasteiger partial charge >= 0.3 is 0 Å². The van der Waals surface area contributed by atoms with Crippen LogP contribution < -0.4 is 0 Å². The third-order valence-corrected chi connectivity index (χ3v) is 2.40. The molecule has 0 aromatic heterocycles. The van der Waals surface area contributed by atoms with Crippen LogP contribution in [0.3, 0.4) is 0 Å². The van der Waals surface area contributed by atoms with E-state index >= 15 is 0 Å². The Morgan fingerprint density at radius 3 is 2.23 bits per heavy atom. The van der Waals surface area contributed by atoms with Gasteiger partial charge in [0.1, 0.15) is 5.92 Å². The molecule has 0 heterocycles. The summed E-state index contributed by atoms with van der Waals surface area (Å²) in [5.41, 5.74) is 0. The lowest BCUT2D eigenvalue weighted by atomic mass is 9.88. The van der Waals surface area contributed by atoms with Gasteiger partial charge < -0.3 is 0 Å². The molecule has 2 nitrogen and oxygen atoms in total. The largest absolute Gasteiger partial charge is 0.298 e. The van der Waals surface area contributed by atoms with E-state index in [1.807, 2.05) is 20.8 Å². The van der Waals surface area contributed by atoms with Crippen LogP contribution in [0.15, 0.2) is 0 Å². The zero-order valence-electron chi connectivity index (χ0n) is 9.00. The summed E-state index contributed by atoms with van der Waals surface area (Å²) in [5, 5.41) is 8.78. The second-order valence-corrected chi connectivity index (χ2v) is 4.03. The van der Waals surface area contributed by atoms with Gasteiger partial charge in [-0.05, 0) is 11.8 Å². The average molecular weight is 181 g/mol. The second-order valence-electron chi connectivity index (χ2n) is 4.03. The monoisotopic (exact) mass is 181 g/mol. The Morgan fingerprint density at radius 1 is 1.38 bits per heavy atom. The highest BCUT2D eigenvalue weighted by Crippen LogP contribution is 2.17. The fourth-order valence-electron chi connectivity index (χ4n) is 1.21. The SMILES string of the molecule is CCC(C)CC(=O)C(C#N)C(C)C. The minimum atomic E-state index is -0.408. The van der Waals surface area contributed by atoms with Crippen LogP contribution >= 0.6 is 0 Å². The number of nitriles is 1. The molecule has 13 heavy (non-hydrogen) atoms. The predicted octanol–water partition coefficient (Wildman–Crippen LogP) is 2.79. The van der Waals surface area contributed by atoms with Crippen LogP contribution in [0.25, 0.3) is 0 Å². The Balaban J connectivity index is 4.17. The van der Waals surface area contributed by atoms with Gasteiger partial charge in [-0.2, -0.15) is 5.26 Å². The zero-order valence-corrected chi connectivity index (χ0v) is 9.00. The van der Waals surface area contributed by atoms with E-state index < -0.39 is 5.92 Å². The number of hydrogen-bond acceptors (Lipinski definition) is 2. The Hall–Kier alpha value is -0.840. The summed E-state index contributed by atoms with van der Waals surface area (Å²) in [6.45, 7) is 7.95. The molecule has 0 amide bonds. The first-order valence-corrected chi connectivity index (χ1v) is 4.95. The van der Waals surface area contributed by atoms with Crippen molar-refractivity contribution in [3.8, 4) is 6.07 Å². The summed E-state index contributed by atoms with van der Waals surface area (Å²) in [5.74, 6) is 0.240. The highest BCUT2D eigenvalue weighted by molar-refractivity contribution is 5.83. The molecule has 0 rings (SSSR count). The lowest BCUT2D eigenvalue weighted by Gasteiger charge is -2.13. The van der Waals surface area contributed by atoms with Crippen molar-refractivity contribution in [3.63, 3.8) is 0 Å². The highest BCUT2D eigenvalue weighted by Gasteiger charge is 2.22. The fraction of sp³-hybridized carbons (Fsp3) is 0.818.